The highest BCUT2D eigenvalue weighted by atomic mass is 35.5. The van der Waals surface area contributed by atoms with Gasteiger partial charge in [-0.2, -0.15) is 0 Å². The van der Waals surface area contributed by atoms with Gasteiger partial charge in [0.05, 0.1) is 5.69 Å². The fraction of sp³-hybridized carbons (Fsp3) is 0.115. The Morgan fingerprint density at radius 3 is 2.47 bits per heavy atom. The number of halogens is 1. The minimum Gasteiger partial charge on any atom is -0.479 e. The van der Waals surface area contributed by atoms with Crippen molar-refractivity contribution in [1.82, 2.24) is 0 Å². The van der Waals surface area contributed by atoms with Gasteiger partial charge >= 0.3 is 0 Å². The fourth-order valence-corrected chi connectivity index (χ4v) is 3.57. The van der Waals surface area contributed by atoms with E-state index in [9.17, 15) is 14.4 Å². The maximum atomic E-state index is 12.8. The Labute approximate surface area is 202 Å². The van der Waals surface area contributed by atoms with Gasteiger partial charge in [0.1, 0.15) is 12.3 Å². The zero-order chi connectivity index (χ0) is 24.1. The average Bonchev–Trinajstić information content (AvgIpc) is 2.82. The molecule has 1 unspecified atom stereocenters. The molecule has 0 aromatic heterocycles. The second-order valence-electron chi connectivity index (χ2n) is 7.66. The SMILES string of the molecule is CC1Oc2ccc(NC(=O)/C=C/c3ccc(Cl)cc3)cc2N(CC(=O)Nc2ccccc2)C1=O. The molecule has 1 aliphatic rings. The zero-order valence-corrected chi connectivity index (χ0v) is 19.1. The molecule has 1 aliphatic heterocycles. The molecule has 2 N–H and O–H groups in total. The number of anilines is 3. The van der Waals surface area contributed by atoms with Crippen LogP contribution >= 0.6 is 11.6 Å². The third-order valence-electron chi connectivity index (χ3n) is 5.09. The lowest BCUT2D eigenvalue weighted by molar-refractivity contribution is -0.127. The number of carbonyl (C=O) groups is 3. The van der Waals surface area contributed by atoms with Gasteiger partial charge in [0, 0.05) is 22.5 Å². The second kappa shape index (κ2) is 10.2. The summed E-state index contributed by atoms with van der Waals surface area (Å²) in [6.07, 6.45) is 2.33. The van der Waals surface area contributed by atoms with Gasteiger partial charge in [-0.15, -0.1) is 0 Å². The van der Waals surface area contributed by atoms with Gasteiger partial charge in [-0.3, -0.25) is 19.3 Å². The van der Waals surface area contributed by atoms with Crippen molar-refractivity contribution in [3.8, 4) is 5.75 Å². The highest BCUT2D eigenvalue weighted by Gasteiger charge is 2.33. The van der Waals surface area contributed by atoms with Crippen LogP contribution in [0.25, 0.3) is 6.08 Å². The molecule has 8 heteroatoms. The Kier molecular flexibility index (Phi) is 6.94. The summed E-state index contributed by atoms with van der Waals surface area (Å²) in [4.78, 5) is 39.2. The van der Waals surface area contributed by atoms with Crippen LogP contribution in [0.5, 0.6) is 5.75 Å². The summed E-state index contributed by atoms with van der Waals surface area (Å²) in [7, 11) is 0. The molecule has 0 bridgehead atoms. The lowest BCUT2D eigenvalue weighted by Crippen LogP contribution is -2.47. The third-order valence-corrected chi connectivity index (χ3v) is 5.34. The number of rotatable bonds is 6. The molecule has 7 nitrogen and oxygen atoms in total. The number of fused-ring (bicyclic) bond motifs is 1. The summed E-state index contributed by atoms with van der Waals surface area (Å²) in [5, 5.41) is 6.16. The number of carbonyl (C=O) groups excluding carboxylic acids is 3. The fourth-order valence-electron chi connectivity index (χ4n) is 3.44. The van der Waals surface area contributed by atoms with Crippen LogP contribution in [0.4, 0.5) is 17.1 Å². The highest BCUT2D eigenvalue weighted by Crippen LogP contribution is 2.36. The molecular formula is C26H22ClN3O4. The normalized spacial score (nSPS) is 14.9. The molecule has 4 rings (SSSR count). The molecule has 172 valence electrons. The first kappa shape index (κ1) is 23.1. The lowest BCUT2D eigenvalue weighted by atomic mass is 10.1. The van der Waals surface area contributed by atoms with Crippen LogP contribution in [-0.4, -0.2) is 30.4 Å². The number of nitrogens with one attached hydrogen (secondary N) is 2. The minimum atomic E-state index is -0.736. The van der Waals surface area contributed by atoms with Crippen LogP contribution < -0.4 is 20.3 Å². The first-order chi connectivity index (χ1) is 16.4. The largest absolute Gasteiger partial charge is 0.479 e. The number of hydrogen-bond acceptors (Lipinski definition) is 4. The van der Waals surface area contributed by atoms with E-state index >= 15 is 0 Å². The first-order valence-corrected chi connectivity index (χ1v) is 11.0. The molecule has 1 atom stereocenters. The van der Waals surface area contributed by atoms with E-state index in [4.69, 9.17) is 16.3 Å². The van der Waals surface area contributed by atoms with Crippen molar-refractivity contribution >= 4 is 52.5 Å². The Hall–Kier alpha value is -4.10. The topological polar surface area (TPSA) is 87.7 Å². The van der Waals surface area contributed by atoms with Gasteiger partial charge < -0.3 is 15.4 Å². The van der Waals surface area contributed by atoms with Crippen molar-refractivity contribution in [1.29, 1.82) is 0 Å². The van der Waals surface area contributed by atoms with E-state index in [1.54, 1.807) is 67.6 Å². The van der Waals surface area contributed by atoms with Crippen molar-refractivity contribution in [3.63, 3.8) is 0 Å². The zero-order valence-electron chi connectivity index (χ0n) is 18.3. The Morgan fingerprint density at radius 2 is 1.74 bits per heavy atom. The van der Waals surface area contributed by atoms with Gasteiger partial charge in [0.25, 0.3) is 5.91 Å². The van der Waals surface area contributed by atoms with Gasteiger partial charge in [-0.25, -0.2) is 0 Å². The average molecular weight is 476 g/mol. The number of amides is 3. The molecule has 0 spiro atoms. The van der Waals surface area contributed by atoms with Gasteiger partial charge in [0.15, 0.2) is 6.10 Å². The van der Waals surface area contributed by atoms with E-state index in [0.29, 0.717) is 27.8 Å². The number of para-hydroxylation sites is 1. The third kappa shape index (κ3) is 5.63. The number of hydrogen-bond donors (Lipinski definition) is 2. The molecule has 0 aliphatic carbocycles. The molecule has 3 amide bonds. The van der Waals surface area contributed by atoms with E-state index in [0.717, 1.165) is 5.56 Å². The van der Waals surface area contributed by atoms with Gasteiger partial charge in [-0.1, -0.05) is 41.9 Å². The molecule has 34 heavy (non-hydrogen) atoms. The molecule has 3 aromatic carbocycles. The van der Waals surface area contributed by atoms with Crippen molar-refractivity contribution < 1.29 is 19.1 Å². The Bertz CT molecular complexity index is 1240. The maximum absolute atomic E-state index is 12.8. The molecule has 1 heterocycles. The van der Waals surface area contributed by atoms with Crippen LogP contribution in [0, 0.1) is 0 Å². The summed E-state index contributed by atoms with van der Waals surface area (Å²) in [6.45, 7) is 1.44. The van der Waals surface area contributed by atoms with Crippen molar-refractivity contribution in [2.75, 3.05) is 22.1 Å². The molecule has 0 fully saturated rings. The van der Waals surface area contributed by atoms with Crippen molar-refractivity contribution in [2.45, 2.75) is 13.0 Å². The van der Waals surface area contributed by atoms with E-state index in [1.165, 1.54) is 11.0 Å². The van der Waals surface area contributed by atoms with E-state index in [2.05, 4.69) is 10.6 Å². The molecule has 0 radical (unpaired) electrons. The predicted octanol–water partition coefficient (Wildman–Crippen LogP) is 4.74. The molecule has 3 aromatic rings. The smallest absolute Gasteiger partial charge is 0.268 e. The van der Waals surface area contributed by atoms with Crippen LogP contribution in [-0.2, 0) is 14.4 Å². The van der Waals surface area contributed by atoms with Gasteiger partial charge in [-0.05, 0) is 61.0 Å². The van der Waals surface area contributed by atoms with Crippen LogP contribution in [0.15, 0.2) is 78.9 Å². The highest BCUT2D eigenvalue weighted by molar-refractivity contribution is 6.30. The number of benzene rings is 3. The standard InChI is InChI=1S/C26H22ClN3O4/c1-17-26(33)30(16-25(32)28-20-5-3-2-4-6-20)22-15-21(12-13-23(22)34-17)29-24(31)14-9-18-7-10-19(27)11-8-18/h2-15,17H,16H2,1H3,(H,28,32)(H,29,31)/b14-9+. The summed E-state index contributed by atoms with van der Waals surface area (Å²) >= 11 is 5.88. The van der Waals surface area contributed by atoms with Crippen LogP contribution in [0.3, 0.4) is 0 Å². The molecular weight excluding hydrogens is 454 g/mol. The Balaban J connectivity index is 1.49. The van der Waals surface area contributed by atoms with Crippen molar-refractivity contribution in [3.05, 3.63) is 89.5 Å². The molecule has 0 saturated heterocycles. The molecule has 0 saturated carbocycles. The maximum Gasteiger partial charge on any atom is 0.268 e. The summed E-state index contributed by atoms with van der Waals surface area (Å²) in [5.74, 6) is -0.587. The lowest BCUT2D eigenvalue weighted by Gasteiger charge is -2.32. The quantitative estimate of drug-likeness (QED) is 0.504. The monoisotopic (exact) mass is 475 g/mol. The van der Waals surface area contributed by atoms with E-state index < -0.39 is 6.10 Å². The number of ether oxygens (including phenoxy) is 1. The Morgan fingerprint density at radius 1 is 1.00 bits per heavy atom. The van der Waals surface area contributed by atoms with Crippen LogP contribution in [0.2, 0.25) is 5.02 Å². The van der Waals surface area contributed by atoms with Crippen LogP contribution in [0.1, 0.15) is 12.5 Å². The summed E-state index contributed by atoms with van der Waals surface area (Å²) < 4.78 is 5.69. The van der Waals surface area contributed by atoms with E-state index in [-0.39, 0.29) is 24.3 Å². The van der Waals surface area contributed by atoms with E-state index in [1.807, 2.05) is 18.2 Å². The summed E-state index contributed by atoms with van der Waals surface area (Å²) in [5.41, 5.74) is 2.33. The minimum absolute atomic E-state index is 0.192. The summed E-state index contributed by atoms with van der Waals surface area (Å²) in [6, 6.07) is 21.0. The number of nitrogens with zero attached hydrogens (tertiary/aromatic N) is 1. The van der Waals surface area contributed by atoms with Gasteiger partial charge in [0.2, 0.25) is 11.8 Å². The second-order valence-corrected chi connectivity index (χ2v) is 8.09. The predicted molar refractivity (Wildman–Crippen MR) is 133 cm³/mol. The van der Waals surface area contributed by atoms with Crippen molar-refractivity contribution in [2.24, 2.45) is 0 Å². The first-order valence-electron chi connectivity index (χ1n) is 10.6.